The van der Waals surface area contributed by atoms with E-state index in [1.165, 1.54) is 9.58 Å². The SMILES string of the molecule is CN(C)C(=O)n1cc2c(n1)CCCNC2. The zero-order chi connectivity index (χ0) is 10.8. The first-order valence-corrected chi connectivity index (χ1v) is 5.18. The molecule has 0 aromatic carbocycles. The Hall–Kier alpha value is -1.36. The summed E-state index contributed by atoms with van der Waals surface area (Å²) in [7, 11) is 3.46. The largest absolute Gasteiger partial charge is 0.344 e. The molecule has 82 valence electrons. The quantitative estimate of drug-likeness (QED) is 0.673. The highest BCUT2D eigenvalue weighted by molar-refractivity contribution is 5.75. The Labute approximate surface area is 89.1 Å². The van der Waals surface area contributed by atoms with E-state index < -0.39 is 0 Å². The lowest BCUT2D eigenvalue weighted by molar-refractivity contribution is 0.215. The Morgan fingerprint density at radius 2 is 2.40 bits per heavy atom. The molecule has 1 aliphatic heterocycles. The van der Waals surface area contributed by atoms with Gasteiger partial charge in [0.05, 0.1) is 5.69 Å². The lowest BCUT2D eigenvalue weighted by atomic mass is 10.2. The molecule has 0 bridgehead atoms. The second-order valence-corrected chi connectivity index (χ2v) is 4.00. The highest BCUT2D eigenvalue weighted by Gasteiger charge is 2.15. The Bertz CT molecular complexity index is 346. The number of hydrogen-bond acceptors (Lipinski definition) is 3. The van der Waals surface area contributed by atoms with Gasteiger partial charge < -0.3 is 10.2 Å². The average molecular weight is 208 g/mol. The van der Waals surface area contributed by atoms with E-state index in [2.05, 4.69) is 10.4 Å². The molecule has 5 heteroatoms. The molecule has 0 fully saturated rings. The van der Waals surface area contributed by atoms with Crippen molar-refractivity contribution in [3.63, 3.8) is 0 Å². The molecule has 0 spiro atoms. The Balaban J connectivity index is 2.25. The van der Waals surface area contributed by atoms with Crippen LogP contribution in [0.5, 0.6) is 0 Å². The lowest BCUT2D eigenvalue weighted by Gasteiger charge is -2.08. The highest BCUT2D eigenvalue weighted by Crippen LogP contribution is 2.12. The summed E-state index contributed by atoms with van der Waals surface area (Å²) in [6.45, 7) is 1.84. The van der Waals surface area contributed by atoms with Crippen molar-refractivity contribution in [3.8, 4) is 0 Å². The van der Waals surface area contributed by atoms with Gasteiger partial charge in [0.15, 0.2) is 0 Å². The second-order valence-electron chi connectivity index (χ2n) is 4.00. The molecule has 0 unspecified atom stereocenters. The Morgan fingerprint density at radius 1 is 1.60 bits per heavy atom. The van der Waals surface area contributed by atoms with Crippen molar-refractivity contribution in [1.82, 2.24) is 20.0 Å². The van der Waals surface area contributed by atoms with Gasteiger partial charge in [0.1, 0.15) is 0 Å². The summed E-state index contributed by atoms with van der Waals surface area (Å²) in [4.78, 5) is 13.2. The first-order chi connectivity index (χ1) is 7.18. The summed E-state index contributed by atoms with van der Waals surface area (Å²) in [5.41, 5.74) is 2.19. The number of nitrogens with one attached hydrogen (secondary N) is 1. The maximum absolute atomic E-state index is 11.7. The zero-order valence-corrected chi connectivity index (χ0v) is 9.16. The van der Waals surface area contributed by atoms with Crippen molar-refractivity contribution in [2.24, 2.45) is 0 Å². The first-order valence-electron chi connectivity index (χ1n) is 5.18. The predicted octanol–water partition coefficient (Wildman–Crippen LogP) is 0.449. The van der Waals surface area contributed by atoms with Gasteiger partial charge in [-0.1, -0.05) is 0 Å². The zero-order valence-electron chi connectivity index (χ0n) is 9.16. The normalized spacial score (nSPS) is 15.6. The Morgan fingerprint density at radius 3 is 3.13 bits per heavy atom. The molecule has 0 aliphatic carbocycles. The summed E-state index contributed by atoms with van der Waals surface area (Å²) in [6.07, 6.45) is 3.87. The molecule has 15 heavy (non-hydrogen) atoms. The van der Waals surface area contributed by atoms with E-state index in [1.807, 2.05) is 6.20 Å². The van der Waals surface area contributed by atoms with E-state index in [0.29, 0.717) is 0 Å². The van der Waals surface area contributed by atoms with Gasteiger partial charge in [-0.3, -0.25) is 0 Å². The van der Waals surface area contributed by atoms with E-state index in [4.69, 9.17) is 0 Å². The number of fused-ring (bicyclic) bond motifs is 1. The van der Waals surface area contributed by atoms with E-state index in [1.54, 1.807) is 14.1 Å². The van der Waals surface area contributed by atoms with Gasteiger partial charge in [-0.2, -0.15) is 9.78 Å². The minimum atomic E-state index is -0.0944. The fourth-order valence-electron chi connectivity index (χ4n) is 1.71. The summed E-state index contributed by atoms with van der Waals surface area (Å²) in [6, 6.07) is -0.0944. The third kappa shape index (κ3) is 2.02. The molecular formula is C10H16N4O. The van der Waals surface area contributed by atoms with Crippen LogP contribution < -0.4 is 5.32 Å². The van der Waals surface area contributed by atoms with Crippen LogP contribution in [0.15, 0.2) is 6.20 Å². The number of carbonyl (C=O) groups excluding carboxylic acids is 1. The van der Waals surface area contributed by atoms with Crippen LogP contribution in [0.25, 0.3) is 0 Å². The molecule has 0 radical (unpaired) electrons. The standard InChI is InChI=1S/C10H16N4O/c1-13(2)10(15)14-7-8-6-11-5-3-4-9(8)12-14/h7,11H,3-6H2,1-2H3. The van der Waals surface area contributed by atoms with Gasteiger partial charge in [0.25, 0.3) is 0 Å². The predicted molar refractivity (Wildman–Crippen MR) is 56.7 cm³/mol. The molecule has 1 N–H and O–H groups in total. The lowest BCUT2D eigenvalue weighted by Crippen LogP contribution is -2.27. The van der Waals surface area contributed by atoms with Crippen LogP contribution >= 0.6 is 0 Å². The summed E-state index contributed by atoms with van der Waals surface area (Å²) < 4.78 is 1.43. The molecule has 5 nitrogen and oxygen atoms in total. The molecule has 1 aromatic heterocycles. The monoisotopic (exact) mass is 208 g/mol. The van der Waals surface area contributed by atoms with E-state index in [-0.39, 0.29) is 6.03 Å². The van der Waals surface area contributed by atoms with Crippen LogP contribution in [-0.4, -0.2) is 41.4 Å². The molecule has 2 heterocycles. The molecule has 2 rings (SSSR count). The third-order valence-corrected chi connectivity index (χ3v) is 2.54. The minimum absolute atomic E-state index is 0.0944. The molecular weight excluding hydrogens is 192 g/mol. The number of nitrogens with zero attached hydrogens (tertiary/aromatic N) is 3. The highest BCUT2D eigenvalue weighted by atomic mass is 16.2. The maximum Gasteiger partial charge on any atom is 0.344 e. The number of rotatable bonds is 0. The van der Waals surface area contributed by atoms with Crippen molar-refractivity contribution in [2.45, 2.75) is 19.4 Å². The number of amides is 1. The average Bonchev–Trinajstić information content (AvgIpc) is 2.49. The number of aryl methyl sites for hydroxylation is 1. The van der Waals surface area contributed by atoms with Crippen LogP contribution in [0.1, 0.15) is 17.7 Å². The third-order valence-electron chi connectivity index (χ3n) is 2.54. The van der Waals surface area contributed by atoms with Gasteiger partial charge in [-0.15, -0.1) is 0 Å². The topological polar surface area (TPSA) is 50.2 Å². The Kier molecular flexibility index (Phi) is 2.73. The molecule has 0 atom stereocenters. The van der Waals surface area contributed by atoms with Crippen LogP contribution in [0.2, 0.25) is 0 Å². The van der Waals surface area contributed by atoms with Gasteiger partial charge in [-0.25, -0.2) is 4.79 Å². The smallest absolute Gasteiger partial charge is 0.329 e. The number of hydrogen-bond donors (Lipinski definition) is 1. The van der Waals surface area contributed by atoms with E-state index in [0.717, 1.165) is 37.2 Å². The van der Waals surface area contributed by atoms with Crippen LogP contribution in [-0.2, 0) is 13.0 Å². The van der Waals surface area contributed by atoms with Gasteiger partial charge in [0.2, 0.25) is 0 Å². The van der Waals surface area contributed by atoms with Gasteiger partial charge >= 0.3 is 6.03 Å². The molecule has 1 aliphatic rings. The summed E-state index contributed by atoms with van der Waals surface area (Å²) in [5, 5.41) is 7.62. The van der Waals surface area contributed by atoms with Crippen molar-refractivity contribution in [3.05, 3.63) is 17.5 Å². The molecule has 0 saturated heterocycles. The van der Waals surface area contributed by atoms with E-state index in [9.17, 15) is 4.79 Å². The molecule has 1 aromatic rings. The van der Waals surface area contributed by atoms with Crippen molar-refractivity contribution in [1.29, 1.82) is 0 Å². The summed E-state index contributed by atoms with van der Waals surface area (Å²) in [5.74, 6) is 0. The first kappa shape index (κ1) is 10.2. The van der Waals surface area contributed by atoms with Crippen LogP contribution in [0.3, 0.4) is 0 Å². The maximum atomic E-state index is 11.7. The number of aromatic nitrogens is 2. The molecule has 1 amide bonds. The second kappa shape index (κ2) is 4.02. The van der Waals surface area contributed by atoms with Crippen LogP contribution in [0.4, 0.5) is 4.79 Å². The summed E-state index contributed by atoms with van der Waals surface area (Å²) >= 11 is 0. The fourth-order valence-corrected chi connectivity index (χ4v) is 1.71. The fraction of sp³-hybridized carbons (Fsp3) is 0.600. The van der Waals surface area contributed by atoms with Gasteiger partial charge in [-0.05, 0) is 19.4 Å². The molecule has 0 saturated carbocycles. The van der Waals surface area contributed by atoms with Crippen molar-refractivity contribution >= 4 is 6.03 Å². The van der Waals surface area contributed by atoms with Crippen molar-refractivity contribution < 1.29 is 4.79 Å². The van der Waals surface area contributed by atoms with E-state index >= 15 is 0 Å². The minimum Gasteiger partial charge on any atom is -0.329 e. The van der Waals surface area contributed by atoms with Gasteiger partial charge in [0, 0.05) is 32.4 Å². The van der Waals surface area contributed by atoms with Crippen molar-refractivity contribution in [2.75, 3.05) is 20.6 Å². The number of carbonyl (C=O) groups is 1. The van der Waals surface area contributed by atoms with Crippen LogP contribution in [0, 0.1) is 0 Å².